The van der Waals surface area contributed by atoms with Crippen LogP contribution in [0.5, 0.6) is 5.88 Å². The third-order valence-corrected chi connectivity index (χ3v) is 7.56. The van der Waals surface area contributed by atoms with Crippen LogP contribution in [-0.2, 0) is 6.54 Å². The van der Waals surface area contributed by atoms with Crippen molar-refractivity contribution in [2.24, 2.45) is 10.2 Å². The minimum atomic E-state index is -0.548. The summed E-state index contributed by atoms with van der Waals surface area (Å²) in [5.41, 5.74) is 0.354. The lowest BCUT2D eigenvalue weighted by Crippen LogP contribution is -2.49. The van der Waals surface area contributed by atoms with Gasteiger partial charge in [0.05, 0.1) is 11.3 Å². The predicted octanol–water partition coefficient (Wildman–Crippen LogP) is 5.95. The van der Waals surface area contributed by atoms with Gasteiger partial charge in [-0.2, -0.15) is 5.26 Å². The van der Waals surface area contributed by atoms with Gasteiger partial charge in [0.15, 0.2) is 5.69 Å². The Balaban J connectivity index is 2.49. The van der Waals surface area contributed by atoms with Gasteiger partial charge >= 0.3 is 0 Å². The summed E-state index contributed by atoms with van der Waals surface area (Å²) in [6.45, 7) is 14.9. The molecule has 0 aliphatic rings. The molecule has 1 aromatic carbocycles. The van der Waals surface area contributed by atoms with Crippen LogP contribution in [0.2, 0.25) is 0 Å². The Bertz CT molecular complexity index is 1260. The van der Waals surface area contributed by atoms with Crippen LogP contribution < -0.4 is 16.2 Å². The van der Waals surface area contributed by atoms with Gasteiger partial charge in [-0.15, -0.1) is 10.2 Å². The molecule has 0 fully saturated rings. The number of azo groups is 1. The summed E-state index contributed by atoms with van der Waals surface area (Å²) in [5.74, 6) is -0.536. The Kier molecular flexibility index (Phi) is 14.9. The summed E-state index contributed by atoms with van der Waals surface area (Å²) in [6, 6.07) is 9.24. The van der Waals surface area contributed by atoms with Crippen LogP contribution in [-0.4, -0.2) is 58.7 Å². The summed E-state index contributed by atoms with van der Waals surface area (Å²) in [4.78, 5) is 29.1. The number of hydrogen-bond donors (Lipinski definition) is 3. The number of nitriles is 1. The van der Waals surface area contributed by atoms with Crippen LogP contribution in [0.4, 0.5) is 11.4 Å². The van der Waals surface area contributed by atoms with Crippen molar-refractivity contribution in [1.29, 1.82) is 5.26 Å². The van der Waals surface area contributed by atoms with E-state index in [1.54, 1.807) is 38.1 Å². The van der Waals surface area contributed by atoms with Gasteiger partial charge in [-0.3, -0.25) is 14.2 Å². The number of pyridine rings is 1. The minimum absolute atomic E-state index is 0.0247. The largest absolute Gasteiger partial charge is 0.493 e. The van der Waals surface area contributed by atoms with Gasteiger partial charge in [-0.05, 0) is 64.8 Å². The maximum atomic E-state index is 14.1. The van der Waals surface area contributed by atoms with Gasteiger partial charge in [0.2, 0.25) is 5.88 Å². The number of unbranched alkanes of at least 4 members (excludes halogenated alkanes) is 2. The average molecular weight is 580 g/mol. The number of amides is 1. The SMILES string of the molecule is CCCCNC(CC)CN(CC(CC)NCCCC)C(=O)c1ccccc1N=Nc1c(C)c(C#N)c(O)n(CC)c1=O. The molecular weight excluding hydrogens is 530 g/mol. The molecule has 1 amide bonds. The van der Waals surface area contributed by atoms with Gasteiger partial charge in [0.1, 0.15) is 11.6 Å². The number of aromatic nitrogens is 1. The van der Waals surface area contributed by atoms with Crippen LogP contribution in [0.15, 0.2) is 39.3 Å². The third-order valence-electron chi connectivity index (χ3n) is 7.56. The molecule has 0 radical (unpaired) electrons. The molecule has 42 heavy (non-hydrogen) atoms. The van der Waals surface area contributed by atoms with Crippen molar-refractivity contribution in [1.82, 2.24) is 20.1 Å². The van der Waals surface area contributed by atoms with E-state index < -0.39 is 5.56 Å². The van der Waals surface area contributed by atoms with Crippen LogP contribution in [0.3, 0.4) is 0 Å². The number of carbonyl (C=O) groups excluding carboxylic acids is 1. The maximum Gasteiger partial charge on any atom is 0.281 e. The minimum Gasteiger partial charge on any atom is -0.493 e. The number of rotatable bonds is 18. The second-order valence-electron chi connectivity index (χ2n) is 10.6. The zero-order valence-corrected chi connectivity index (χ0v) is 26.2. The monoisotopic (exact) mass is 579 g/mol. The number of carbonyl (C=O) groups is 1. The van der Waals surface area contributed by atoms with Gasteiger partial charge in [-0.25, -0.2) is 0 Å². The fourth-order valence-electron chi connectivity index (χ4n) is 4.78. The van der Waals surface area contributed by atoms with Crippen molar-refractivity contribution in [2.75, 3.05) is 26.2 Å². The van der Waals surface area contributed by atoms with Crippen molar-refractivity contribution >= 4 is 17.3 Å². The third kappa shape index (κ3) is 9.23. The van der Waals surface area contributed by atoms with E-state index in [9.17, 15) is 20.0 Å². The number of benzene rings is 1. The van der Waals surface area contributed by atoms with Crippen LogP contribution in [0, 0.1) is 18.3 Å². The lowest BCUT2D eigenvalue weighted by molar-refractivity contribution is 0.0718. The van der Waals surface area contributed by atoms with E-state index in [2.05, 4.69) is 48.6 Å². The van der Waals surface area contributed by atoms with Gasteiger partial charge in [-0.1, -0.05) is 52.7 Å². The zero-order chi connectivity index (χ0) is 31.1. The van der Waals surface area contributed by atoms with Crippen molar-refractivity contribution in [3.05, 3.63) is 51.3 Å². The van der Waals surface area contributed by atoms with Gasteiger partial charge in [0.25, 0.3) is 11.5 Å². The van der Waals surface area contributed by atoms with Crippen molar-refractivity contribution in [3.8, 4) is 11.9 Å². The first-order valence-corrected chi connectivity index (χ1v) is 15.4. The molecule has 3 N–H and O–H groups in total. The van der Waals surface area contributed by atoms with Crippen molar-refractivity contribution < 1.29 is 9.90 Å². The second kappa shape index (κ2) is 18.1. The summed E-state index contributed by atoms with van der Waals surface area (Å²) < 4.78 is 1.09. The van der Waals surface area contributed by atoms with E-state index in [1.165, 1.54) is 0 Å². The highest BCUT2D eigenvalue weighted by Crippen LogP contribution is 2.28. The van der Waals surface area contributed by atoms with E-state index in [4.69, 9.17) is 0 Å². The molecule has 0 saturated carbocycles. The molecule has 2 unspecified atom stereocenters. The summed E-state index contributed by atoms with van der Waals surface area (Å²) >= 11 is 0. The fraction of sp³-hybridized carbons (Fsp3) is 0.594. The molecular formula is C32H49N7O3. The molecule has 2 atom stereocenters. The molecule has 0 saturated heterocycles. The van der Waals surface area contributed by atoms with Crippen molar-refractivity contribution in [3.63, 3.8) is 0 Å². The molecule has 0 bridgehead atoms. The van der Waals surface area contributed by atoms with E-state index in [-0.39, 0.29) is 47.2 Å². The quantitative estimate of drug-likeness (QED) is 0.148. The number of aromatic hydroxyl groups is 1. The Morgan fingerprint density at radius 1 is 1.00 bits per heavy atom. The smallest absolute Gasteiger partial charge is 0.281 e. The summed E-state index contributed by atoms with van der Waals surface area (Å²) in [7, 11) is 0. The maximum absolute atomic E-state index is 14.1. The van der Waals surface area contributed by atoms with Crippen LogP contribution >= 0.6 is 0 Å². The topological polar surface area (TPSA) is 135 Å². The molecule has 1 heterocycles. The molecule has 10 heteroatoms. The summed E-state index contributed by atoms with van der Waals surface area (Å²) in [6.07, 6.45) is 6.13. The zero-order valence-electron chi connectivity index (χ0n) is 26.2. The highest BCUT2D eigenvalue weighted by Gasteiger charge is 2.25. The Morgan fingerprint density at radius 3 is 2.07 bits per heavy atom. The number of nitrogens with one attached hydrogen (secondary N) is 2. The van der Waals surface area contributed by atoms with E-state index >= 15 is 0 Å². The molecule has 230 valence electrons. The molecule has 10 nitrogen and oxygen atoms in total. The van der Waals surface area contributed by atoms with E-state index in [0.29, 0.717) is 24.3 Å². The molecule has 0 aliphatic heterocycles. The molecule has 1 aromatic heterocycles. The highest BCUT2D eigenvalue weighted by molar-refractivity contribution is 5.99. The second-order valence-corrected chi connectivity index (χ2v) is 10.6. The normalized spacial score (nSPS) is 12.8. The molecule has 2 rings (SSSR count). The molecule has 2 aromatic rings. The van der Waals surface area contributed by atoms with E-state index in [1.807, 2.05) is 11.0 Å². The number of nitrogens with zero attached hydrogens (tertiary/aromatic N) is 5. The van der Waals surface area contributed by atoms with Crippen LogP contribution in [0.1, 0.15) is 94.6 Å². The Hall–Kier alpha value is -3.55. The first kappa shape index (κ1) is 34.7. The van der Waals surface area contributed by atoms with Gasteiger partial charge in [0, 0.05) is 37.3 Å². The lowest BCUT2D eigenvalue weighted by Gasteiger charge is -2.32. The molecule has 0 spiro atoms. The lowest BCUT2D eigenvalue weighted by atomic mass is 10.1. The molecule has 0 aliphatic carbocycles. The summed E-state index contributed by atoms with van der Waals surface area (Å²) in [5, 5.41) is 35.7. The highest BCUT2D eigenvalue weighted by atomic mass is 16.3. The fourth-order valence-corrected chi connectivity index (χ4v) is 4.78. The number of hydrogen-bond acceptors (Lipinski definition) is 8. The van der Waals surface area contributed by atoms with Gasteiger partial charge < -0.3 is 20.6 Å². The first-order valence-electron chi connectivity index (χ1n) is 15.4. The average Bonchev–Trinajstić information content (AvgIpc) is 2.99. The first-order chi connectivity index (χ1) is 20.3. The standard InChI is InChI=1S/C32H49N7O3/c1-7-12-18-34-24(9-3)21-38(22-25(10-4)35-19-13-8-2)30(40)26-16-14-15-17-28(26)36-37-29-23(6)27(20-33)31(41)39(11-5)32(29)42/h14-17,24-25,34-35,41H,7-13,18-19,21-22H2,1-6H3. The Morgan fingerprint density at radius 2 is 1.57 bits per heavy atom. The predicted molar refractivity (Wildman–Crippen MR) is 168 cm³/mol. The van der Waals surface area contributed by atoms with E-state index in [0.717, 1.165) is 56.2 Å². The van der Waals surface area contributed by atoms with Crippen molar-refractivity contribution in [2.45, 2.75) is 98.7 Å². The Labute approximate surface area is 250 Å². The van der Waals surface area contributed by atoms with Crippen LogP contribution in [0.25, 0.3) is 0 Å².